The van der Waals surface area contributed by atoms with Gasteiger partial charge in [-0.2, -0.15) is 0 Å². The first-order chi connectivity index (χ1) is 15.7. The van der Waals surface area contributed by atoms with Gasteiger partial charge < -0.3 is 9.64 Å². The summed E-state index contributed by atoms with van der Waals surface area (Å²) in [5, 5.41) is 0. The molecular formula is C29H36N2O. The summed E-state index contributed by atoms with van der Waals surface area (Å²) in [6.07, 6.45) is 14.6. The normalized spacial score (nSPS) is 31.4. The van der Waals surface area contributed by atoms with Crippen LogP contribution in [0.15, 0.2) is 47.5 Å². The van der Waals surface area contributed by atoms with Crippen LogP contribution in [0.2, 0.25) is 0 Å². The van der Waals surface area contributed by atoms with E-state index in [1.54, 1.807) is 12.7 Å². The lowest BCUT2D eigenvalue weighted by Crippen LogP contribution is -2.48. The van der Waals surface area contributed by atoms with Gasteiger partial charge in [-0.25, -0.2) is 0 Å². The van der Waals surface area contributed by atoms with Crippen molar-refractivity contribution in [2.24, 2.45) is 22.7 Å². The number of piperidine rings is 1. The van der Waals surface area contributed by atoms with Crippen molar-refractivity contribution in [1.29, 1.82) is 0 Å². The summed E-state index contributed by atoms with van der Waals surface area (Å²) in [6.45, 7) is 2.29. The molecule has 5 fully saturated rings. The van der Waals surface area contributed by atoms with Crippen molar-refractivity contribution in [2.75, 3.05) is 25.1 Å². The van der Waals surface area contributed by atoms with Crippen molar-refractivity contribution in [3.05, 3.63) is 53.6 Å². The Morgan fingerprint density at radius 1 is 0.875 bits per heavy atom. The minimum Gasteiger partial charge on any atom is -0.496 e. The first-order valence-corrected chi connectivity index (χ1v) is 12.8. The molecule has 0 unspecified atom stereocenters. The number of aliphatic imine (C=N–C) groups is 1. The van der Waals surface area contributed by atoms with Crippen molar-refractivity contribution in [3.63, 3.8) is 0 Å². The lowest BCUT2D eigenvalue weighted by atomic mass is 9.48. The van der Waals surface area contributed by atoms with Crippen LogP contribution in [-0.4, -0.2) is 26.4 Å². The van der Waals surface area contributed by atoms with E-state index in [0.29, 0.717) is 5.41 Å². The second-order valence-electron chi connectivity index (χ2n) is 11.0. The zero-order valence-electron chi connectivity index (χ0n) is 19.4. The summed E-state index contributed by atoms with van der Waals surface area (Å²) in [5.74, 6) is 3.86. The Kier molecular flexibility index (Phi) is 5.24. The second kappa shape index (κ2) is 8.24. The summed E-state index contributed by atoms with van der Waals surface area (Å²) in [5.41, 5.74) is 5.36. The van der Waals surface area contributed by atoms with Gasteiger partial charge >= 0.3 is 0 Å². The molecule has 2 aromatic carbocycles. The van der Waals surface area contributed by atoms with Gasteiger partial charge in [-0.05, 0) is 111 Å². The zero-order chi connectivity index (χ0) is 21.5. The van der Waals surface area contributed by atoms with Gasteiger partial charge in [0.15, 0.2) is 0 Å². The maximum Gasteiger partial charge on any atom is 0.129 e. The number of benzene rings is 2. The molecule has 5 aliphatic rings. The van der Waals surface area contributed by atoms with E-state index in [0.717, 1.165) is 47.8 Å². The maximum atomic E-state index is 5.70. The molecular weight excluding hydrogens is 392 g/mol. The number of hydrogen-bond donors (Lipinski definition) is 0. The van der Waals surface area contributed by atoms with Crippen molar-refractivity contribution in [2.45, 2.75) is 63.2 Å². The third-order valence-corrected chi connectivity index (χ3v) is 8.81. The molecule has 0 aromatic heterocycles. The van der Waals surface area contributed by atoms with Gasteiger partial charge in [0.1, 0.15) is 5.75 Å². The Morgan fingerprint density at radius 3 is 2.16 bits per heavy atom. The minimum atomic E-state index is 0.463. The molecule has 0 amide bonds. The van der Waals surface area contributed by atoms with Gasteiger partial charge in [-0.1, -0.05) is 12.1 Å². The van der Waals surface area contributed by atoms with Gasteiger partial charge in [0, 0.05) is 36.6 Å². The highest BCUT2D eigenvalue weighted by molar-refractivity contribution is 5.86. The fourth-order valence-electron chi connectivity index (χ4n) is 7.66. The third-order valence-electron chi connectivity index (χ3n) is 8.81. The summed E-state index contributed by atoms with van der Waals surface area (Å²) < 4.78 is 5.70. The van der Waals surface area contributed by atoms with E-state index in [1.807, 2.05) is 6.21 Å². The second-order valence-corrected chi connectivity index (χ2v) is 11.0. The average Bonchev–Trinajstić information content (AvgIpc) is 2.83. The summed E-state index contributed by atoms with van der Waals surface area (Å²) in [7, 11) is 1.76. The highest BCUT2D eigenvalue weighted by Crippen LogP contribution is 2.60. The zero-order valence-corrected chi connectivity index (χ0v) is 19.4. The van der Waals surface area contributed by atoms with Crippen LogP contribution in [-0.2, 0) is 5.41 Å². The van der Waals surface area contributed by atoms with Crippen LogP contribution in [0, 0.1) is 17.8 Å². The van der Waals surface area contributed by atoms with Gasteiger partial charge in [0.2, 0.25) is 0 Å². The van der Waals surface area contributed by atoms with Gasteiger partial charge in [-0.3, -0.25) is 4.99 Å². The Balaban J connectivity index is 1.19. The highest BCUT2D eigenvalue weighted by atomic mass is 16.5. The monoisotopic (exact) mass is 428 g/mol. The van der Waals surface area contributed by atoms with Crippen LogP contribution < -0.4 is 9.64 Å². The molecule has 0 spiro atoms. The molecule has 4 saturated carbocycles. The minimum absolute atomic E-state index is 0.463. The lowest BCUT2D eigenvalue weighted by Gasteiger charge is -2.57. The molecule has 7 rings (SSSR count). The molecule has 4 aliphatic carbocycles. The van der Waals surface area contributed by atoms with E-state index in [1.165, 1.54) is 63.5 Å². The van der Waals surface area contributed by atoms with E-state index < -0.39 is 0 Å². The Labute approximate surface area is 192 Å². The molecule has 4 bridgehead atoms. The molecule has 168 valence electrons. The van der Waals surface area contributed by atoms with Gasteiger partial charge in [-0.15, -0.1) is 0 Å². The lowest BCUT2D eigenvalue weighted by molar-refractivity contribution is -0.00518. The molecule has 32 heavy (non-hydrogen) atoms. The third kappa shape index (κ3) is 3.74. The molecule has 0 N–H and O–H groups in total. The van der Waals surface area contributed by atoms with Crippen LogP contribution >= 0.6 is 0 Å². The van der Waals surface area contributed by atoms with Crippen molar-refractivity contribution in [3.8, 4) is 5.75 Å². The number of nitrogens with zero attached hydrogens (tertiary/aromatic N) is 2. The summed E-state index contributed by atoms with van der Waals surface area (Å²) >= 11 is 0. The molecule has 1 aliphatic heterocycles. The number of ether oxygens (including phenoxy) is 1. The van der Waals surface area contributed by atoms with Crippen LogP contribution in [0.3, 0.4) is 0 Å². The summed E-state index contributed by atoms with van der Waals surface area (Å²) in [4.78, 5) is 7.26. The highest BCUT2D eigenvalue weighted by Gasteiger charge is 2.51. The van der Waals surface area contributed by atoms with Crippen molar-refractivity contribution < 1.29 is 4.74 Å². The van der Waals surface area contributed by atoms with Crippen LogP contribution in [0.1, 0.15) is 68.9 Å². The first kappa shape index (κ1) is 20.3. The Morgan fingerprint density at radius 2 is 1.53 bits per heavy atom. The number of rotatable bonds is 5. The van der Waals surface area contributed by atoms with Gasteiger partial charge in [0.05, 0.1) is 12.8 Å². The maximum absolute atomic E-state index is 5.70. The van der Waals surface area contributed by atoms with Crippen molar-refractivity contribution >= 4 is 17.6 Å². The molecule has 0 radical (unpaired) electrons. The molecule has 2 aromatic rings. The number of anilines is 1. The molecule has 3 nitrogen and oxygen atoms in total. The molecule has 0 atom stereocenters. The fraction of sp³-hybridized carbons (Fsp3) is 0.552. The Bertz CT molecular complexity index is 951. The summed E-state index contributed by atoms with van der Waals surface area (Å²) in [6, 6.07) is 15.7. The van der Waals surface area contributed by atoms with E-state index >= 15 is 0 Å². The largest absolute Gasteiger partial charge is 0.496 e. The number of hydrogen-bond acceptors (Lipinski definition) is 3. The predicted octanol–water partition coefficient (Wildman–Crippen LogP) is 6.90. The van der Waals surface area contributed by atoms with Crippen molar-refractivity contribution in [1.82, 2.24) is 0 Å². The molecule has 1 saturated heterocycles. The predicted molar refractivity (Wildman–Crippen MR) is 133 cm³/mol. The molecule has 3 heteroatoms. The topological polar surface area (TPSA) is 24.8 Å². The Hall–Kier alpha value is -2.29. The van der Waals surface area contributed by atoms with E-state index in [9.17, 15) is 0 Å². The van der Waals surface area contributed by atoms with E-state index in [2.05, 4.69) is 47.4 Å². The fourth-order valence-corrected chi connectivity index (χ4v) is 7.66. The molecule has 1 heterocycles. The number of methoxy groups -OCH3 is 1. The smallest absolute Gasteiger partial charge is 0.129 e. The average molecular weight is 429 g/mol. The first-order valence-electron chi connectivity index (χ1n) is 12.8. The van der Waals surface area contributed by atoms with E-state index in [-0.39, 0.29) is 0 Å². The SMILES string of the molecule is COc1cc(N2CCCCC2)ccc1C=Nc1ccc(C23CC4CC(CC(C4)C2)C3)cc1. The standard InChI is InChI=1S/C29H36N2O/c1-32-28-16-27(31-11-3-2-4-12-31)10-5-24(28)20-30-26-8-6-25(7-9-26)29-17-21-13-22(18-29)15-23(14-21)19-29/h5-10,16,20-23H,2-4,11-15,17-19H2,1H3. The van der Waals surface area contributed by atoms with Gasteiger partial charge in [0.25, 0.3) is 0 Å². The van der Waals surface area contributed by atoms with Crippen LogP contribution in [0.25, 0.3) is 0 Å². The van der Waals surface area contributed by atoms with Crippen LogP contribution in [0.5, 0.6) is 5.75 Å². The quantitative estimate of drug-likeness (QED) is 0.484. The van der Waals surface area contributed by atoms with E-state index in [4.69, 9.17) is 9.73 Å². The van der Waals surface area contributed by atoms with Crippen LogP contribution in [0.4, 0.5) is 11.4 Å².